The van der Waals surface area contributed by atoms with E-state index in [1.807, 2.05) is 30.3 Å². The van der Waals surface area contributed by atoms with Gasteiger partial charge in [0, 0.05) is 17.7 Å². The lowest BCUT2D eigenvalue weighted by molar-refractivity contribution is 0.385. The van der Waals surface area contributed by atoms with Crippen molar-refractivity contribution in [3.8, 4) is 17.2 Å². The fraction of sp³-hybridized carbons (Fsp3) is 0.259. The van der Waals surface area contributed by atoms with E-state index >= 15 is 0 Å². The van der Waals surface area contributed by atoms with Crippen molar-refractivity contribution in [2.45, 2.75) is 32.2 Å². The molecule has 3 rings (SSSR count). The molecule has 0 N–H and O–H groups in total. The van der Waals surface area contributed by atoms with E-state index in [0.717, 1.165) is 17.1 Å². The average Bonchev–Trinajstić information content (AvgIpc) is 2.78. The van der Waals surface area contributed by atoms with E-state index in [-0.39, 0.29) is 5.04 Å². The Morgan fingerprint density at radius 2 is 1.32 bits per heavy atom. The van der Waals surface area contributed by atoms with E-state index < -0.39 is 8.32 Å². The van der Waals surface area contributed by atoms with Gasteiger partial charge < -0.3 is 13.9 Å². The van der Waals surface area contributed by atoms with Crippen molar-refractivity contribution in [1.82, 2.24) is 0 Å². The fourth-order valence-corrected chi connectivity index (χ4v) is 8.59. The van der Waals surface area contributed by atoms with Gasteiger partial charge in [0.1, 0.15) is 17.2 Å². The molecule has 0 aliphatic rings. The van der Waals surface area contributed by atoms with E-state index in [1.54, 1.807) is 14.2 Å². The molecule has 0 spiro atoms. The molecule has 0 amide bonds. The molecule has 0 aliphatic heterocycles. The monoisotopic (exact) mass is 432 g/mol. The first-order valence-corrected chi connectivity index (χ1v) is 12.4. The Morgan fingerprint density at radius 3 is 1.74 bits per heavy atom. The first-order chi connectivity index (χ1) is 14.9. The first kappa shape index (κ1) is 22.7. The van der Waals surface area contributed by atoms with Gasteiger partial charge in [-0.15, -0.1) is 6.58 Å². The summed E-state index contributed by atoms with van der Waals surface area (Å²) in [7, 11) is 0.569. The minimum atomic E-state index is -2.77. The predicted molar refractivity (Wildman–Crippen MR) is 132 cm³/mol. The minimum absolute atomic E-state index is 0.141. The SMILES string of the molecule is C=CCc1c(OC)cc(OC)cc1O[Si](c1ccccc1)(c1ccccc1)C(C)(C)C. The van der Waals surface area contributed by atoms with E-state index in [0.29, 0.717) is 12.2 Å². The number of hydrogen-bond acceptors (Lipinski definition) is 3. The molecule has 0 saturated carbocycles. The van der Waals surface area contributed by atoms with Crippen LogP contribution in [0.1, 0.15) is 26.3 Å². The van der Waals surface area contributed by atoms with Gasteiger partial charge in [0.2, 0.25) is 0 Å². The molecule has 3 aromatic carbocycles. The molecule has 0 atom stereocenters. The van der Waals surface area contributed by atoms with Gasteiger partial charge in [-0.1, -0.05) is 87.5 Å². The van der Waals surface area contributed by atoms with Gasteiger partial charge >= 0.3 is 8.32 Å². The van der Waals surface area contributed by atoms with Gasteiger partial charge in [-0.3, -0.25) is 0 Å². The van der Waals surface area contributed by atoms with E-state index in [2.05, 4.69) is 75.9 Å². The number of methoxy groups -OCH3 is 2. The molecular formula is C27H32O3Si. The third-order valence-electron chi connectivity index (χ3n) is 5.63. The maximum atomic E-state index is 7.24. The van der Waals surface area contributed by atoms with Gasteiger partial charge in [0.05, 0.1) is 14.2 Å². The number of ether oxygens (including phenoxy) is 2. The Morgan fingerprint density at radius 1 is 0.806 bits per heavy atom. The van der Waals surface area contributed by atoms with Gasteiger partial charge in [0.25, 0.3) is 0 Å². The summed E-state index contributed by atoms with van der Waals surface area (Å²) in [5, 5.41) is 2.30. The second-order valence-corrected chi connectivity index (χ2v) is 12.8. The van der Waals surface area contributed by atoms with Crippen molar-refractivity contribution in [1.29, 1.82) is 0 Å². The summed E-state index contributed by atoms with van der Waals surface area (Å²) in [5.74, 6) is 2.23. The molecule has 0 heterocycles. The molecule has 3 nitrogen and oxygen atoms in total. The Labute approximate surface area is 187 Å². The molecule has 0 fully saturated rings. The fourth-order valence-electron chi connectivity index (χ4n) is 4.15. The third-order valence-corrected chi connectivity index (χ3v) is 10.6. The molecule has 4 heteroatoms. The molecule has 0 bridgehead atoms. The van der Waals surface area contributed by atoms with Crippen LogP contribution in [0.3, 0.4) is 0 Å². The second kappa shape index (κ2) is 9.44. The second-order valence-electron chi connectivity index (χ2n) is 8.56. The Bertz CT molecular complexity index is 968. The molecule has 3 aromatic rings. The van der Waals surface area contributed by atoms with Crippen molar-refractivity contribution >= 4 is 18.7 Å². The molecular weight excluding hydrogens is 400 g/mol. The first-order valence-electron chi connectivity index (χ1n) is 10.5. The van der Waals surface area contributed by atoms with Crippen LogP contribution in [0.15, 0.2) is 85.5 Å². The van der Waals surface area contributed by atoms with Crippen LogP contribution in [0.2, 0.25) is 5.04 Å². The molecule has 0 aliphatic carbocycles. The van der Waals surface area contributed by atoms with Crippen molar-refractivity contribution in [2.75, 3.05) is 14.2 Å². The quantitative estimate of drug-likeness (QED) is 0.354. The van der Waals surface area contributed by atoms with Gasteiger partial charge in [-0.05, 0) is 21.8 Å². The number of allylic oxidation sites excluding steroid dienone is 1. The van der Waals surface area contributed by atoms with Crippen LogP contribution < -0.4 is 24.3 Å². The number of hydrogen-bond donors (Lipinski definition) is 0. The van der Waals surface area contributed by atoms with Crippen molar-refractivity contribution in [3.63, 3.8) is 0 Å². The smallest absolute Gasteiger partial charge is 0.319 e. The summed E-state index contributed by atoms with van der Waals surface area (Å²) in [6.07, 6.45) is 2.52. The topological polar surface area (TPSA) is 27.7 Å². The zero-order valence-electron chi connectivity index (χ0n) is 19.1. The largest absolute Gasteiger partial charge is 0.534 e. The molecule has 0 radical (unpaired) electrons. The lowest BCUT2D eigenvalue weighted by Crippen LogP contribution is -2.68. The average molecular weight is 433 g/mol. The standard InChI is InChI=1S/C27H32O3Si/c1-7-14-24-25(29-6)19-21(28-5)20-26(24)30-31(27(2,3)4,22-15-10-8-11-16-22)23-17-12-9-13-18-23/h7-13,15-20H,1,14H2,2-6H3. The zero-order chi connectivity index (χ0) is 22.5. The highest BCUT2D eigenvalue weighted by Crippen LogP contribution is 2.41. The highest BCUT2D eigenvalue weighted by molar-refractivity contribution is 7.00. The van der Waals surface area contributed by atoms with Crippen LogP contribution in [-0.4, -0.2) is 22.5 Å². The van der Waals surface area contributed by atoms with Crippen molar-refractivity contribution < 1.29 is 13.9 Å². The van der Waals surface area contributed by atoms with Crippen LogP contribution in [-0.2, 0) is 6.42 Å². The normalized spacial score (nSPS) is 11.6. The highest BCUT2D eigenvalue weighted by Gasteiger charge is 2.52. The predicted octanol–water partition coefficient (Wildman–Crippen LogP) is 5.37. The summed E-state index contributed by atoms with van der Waals surface area (Å²) in [4.78, 5) is 0. The highest BCUT2D eigenvalue weighted by atomic mass is 28.4. The summed E-state index contributed by atoms with van der Waals surface area (Å²) in [6.45, 7) is 10.7. The lowest BCUT2D eigenvalue weighted by atomic mass is 10.1. The molecule has 0 saturated heterocycles. The summed E-state index contributed by atoms with van der Waals surface area (Å²) >= 11 is 0. The van der Waals surface area contributed by atoms with Gasteiger partial charge in [0.15, 0.2) is 0 Å². The Hall–Kier alpha value is -2.98. The summed E-state index contributed by atoms with van der Waals surface area (Å²) < 4.78 is 18.5. The summed E-state index contributed by atoms with van der Waals surface area (Å²) in [6, 6.07) is 25.1. The molecule has 0 unspecified atom stereocenters. The van der Waals surface area contributed by atoms with Crippen molar-refractivity contribution in [3.05, 3.63) is 91.0 Å². The minimum Gasteiger partial charge on any atom is -0.534 e. The van der Waals surface area contributed by atoms with Crippen LogP contribution >= 0.6 is 0 Å². The van der Waals surface area contributed by atoms with Crippen LogP contribution in [0.5, 0.6) is 17.2 Å². The molecule has 162 valence electrons. The number of rotatable bonds is 8. The Balaban J connectivity index is 2.34. The molecule has 31 heavy (non-hydrogen) atoms. The van der Waals surface area contributed by atoms with Crippen LogP contribution in [0.25, 0.3) is 0 Å². The maximum Gasteiger partial charge on any atom is 0.319 e. The van der Waals surface area contributed by atoms with Gasteiger partial charge in [-0.2, -0.15) is 0 Å². The maximum absolute atomic E-state index is 7.24. The van der Waals surface area contributed by atoms with Crippen LogP contribution in [0.4, 0.5) is 0 Å². The number of benzene rings is 3. The lowest BCUT2D eigenvalue weighted by Gasteiger charge is -2.43. The van der Waals surface area contributed by atoms with E-state index in [1.165, 1.54) is 10.4 Å². The third kappa shape index (κ3) is 4.40. The van der Waals surface area contributed by atoms with E-state index in [4.69, 9.17) is 13.9 Å². The summed E-state index contributed by atoms with van der Waals surface area (Å²) in [5.41, 5.74) is 0.978. The Kier molecular flexibility index (Phi) is 6.91. The molecule has 0 aromatic heterocycles. The van der Waals surface area contributed by atoms with Crippen LogP contribution in [0, 0.1) is 0 Å². The van der Waals surface area contributed by atoms with Crippen molar-refractivity contribution in [2.24, 2.45) is 0 Å². The van der Waals surface area contributed by atoms with E-state index in [9.17, 15) is 0 Å². The van der Waals surface area contributed by atoms with Gasteiger partial charge in [-0.25, -0.2) is 0 Å². The zero-order valence-corrected chi connectivity index (χ0v) is 20.1.